The molecular formula is C16H22N4O2S. The lowest BCUT2D eigenvalue weighted by molar-refractivity contribution is -0.130. The molecule has 1 aliphatic heterocycles. The fourth-order valence-electron chi connectivity index (χ4n) is 2.79. The third kappa shape index (κ3) is 3.60. The van der Waals surface area contributed by atoms with E-state index in [1.54, 1.807) is 6.26 Å². The maximum atomic E-state index is 12.6. The van der Waals surface area contributed by atoms with E-state index in [9.17, 15) is 4.79 Å². The summed E-state index contributed by atoms with van der Waals surface area (Å²) in [5.74, 6) is 1.55. The van der Waals surface area contributed by atoms with E-state index in [1.807, 2.05) is 35.6 Å². The Kier molecular flexibility index (Phi) is 5.05. The zero-order valence-electron chi connectivity index (χ0n) is 13.6. The number of amides is 1. The first-order valence-corrected chi connectivity index (χ1v) is 8.93. The quantitative estimate of drug-likeness (QED) is 0.804. The highest BCUT2D eigenvalue weighted by Gasteiger charge is 2.24. The van der Waals surface area contributed by atoms with Crippen molar-refractivity contribution in [1.29, 1.82) is 0 Å². The number of likely N-dealkylation sites (tertiary alicyclic amines) is 1. The standard InChI is InChI=1S/C16H22N4O2S/c1-12(15(21)20-9-5-3-4-6-10-20)23-16-18-17-14(19(16)2)13-8-7-11-22-13/h7-8,11-12H,3-6,9-10H2,1-2H3. The smallest absolute Gasteiger partial charge is 0.235 e. The summed E-state index contributed by atoms with van der Waals surface area (Å²) in [6.07, 6.45) is 6.27. The molecule has 0 saturated carbocycles. The van der Waals surface area contributed by atoms with Crippen molar-refractivity contribution in [3.8, 4) is 11.6 Å². The Labute approximate surface area is 140 Å². The van der Waals surface area contributed by atoms with Gasteiger partial charge in [-0.15, -0.1) is 10.2 Å². The normalized spacial score (nSPS) is 17.0. The van der Waals surface area contributed by atoms with Gasteiger partial charge in [-0.3, -0.25) is 4.79 Å². The lowest BCUT2D eigenvalue weighted by Crippen LogP contribution is -2.37. The predicted octanol–water partition coefficient (Wildman–Crippen LogP) is 2.96. The van der Waals surface area contributed by atoms with Gasteiger partial charge in [0.1, 0.15) is 0 Å². The number of aromatic nitrogens is 3. The predicted molar refractivity (Wildman–Crippen MR) is 89.1 cm³/mol. The van der Waals surface area contributed by atoms with E-state index in [2.05, 4.69) is 10.2 Å². The van der Waals surface area contributed by atoms with Crippen molar-refractivity contribution in [2.75, 3.05) is 13.1 Å². The molecule has 124 valence electrons. The second-order valence-electron chi connectivity index (χ2n) is 5.84. The average molecular weight is 334 g/mol. The number of carbonyl (C=O) groups excluding carboxylic acids is 1. The number of hydrogen-bond donors (Lipinski definition) is 0. The molecule has 0 radical (unpaired) electrons. The minimum atomic E-state index is -0.166. The van der Waals surface area contributed by atoms with E-state index in [0.717, 1.165) is 31.1 Å². The molecule has 2 aromatic rings. The van der Waals surface area contributed by atoms with Crippen molar-refractivity contribution in [2.24, 2.45) is 7.05 Å². The van der Waals surface area contributed by atoms with Crippen LogP contribution in [-0.2, 0) is 11.8 Å². The monoisotopic (exact) mass is 334 g/mol. The van der Waals surface area contributed by atoms with Gasteiger partial charge in [0, 0.05) is 20.1 Å². The van der Waals surface area contributed by atoms with Crippen LogP contribution < -0.4 is 0 Å². The van der Waals surface area contributed by atoms with Gasteiger partial charge in [-0.2, -0.15) is 0 Å². The second kappa shape index (κ2) is 7.21. The third-order valence-electron chi connectivity index (χ3n) is 4.12. The second-order valence-corrected chi connectivity index (χ2v) is 7.15. The maximum absolute atomic E-state index is 12.6. The van der Waals surface area contributed by atoms with Gasteiger partial charge >= 0.3 is 0 Å². The molecule has 0 N–H and O–H groups in total. The van der Waals surface area contributed by atoms with Crippen molar-refractivity contribution >= 4 is 17.7 Å². The lowest BCUT2D eigenvalue weighted by Gasteiger charge is -2.23. The number of rotatable bonds is 4. The first kappa shape index (κ1) is 16.1. The molecule has 2 aromatic heterocycles. The molecule has 1 unspecified atom stereocenters. The summed E-state index contributed by atoms with van der Waals surface area (Å²) < 4.78 is 7.24. The number of furan rings is 1. The van der Waals surface area contributed by atoms with Crippen LogP contribution in [0.3, 0.4) is 0 Å². The zero-order valence-corrected chi connectivity index (χ0v) is 14.4. The topological polar surface area (TPSA) is 64.2 Å². The van der Waals surface area contributed by atoms with Gasteiger partial charge in [0.05, 0.1) is 11.5 Å². The van der Waals surface area contributed by atoms with Gasteiger partial charge < -0.3 is 13.9 Å². The van der Waals surface area contributed by atoms with Crippen LogP contribution >= 0.6 is 11.8 Å². The van der Waals surface area contributed by atoms with E-state index in [-0.39, 0.29) is 11.2 Å². The molecular weight excluding hydrogens is 312 g/mol. The maximum Gasteiger partial charge on any atom is 0.235 e. The molecule has 1 fully saturated rings. The van der Waals surface area contributed by atoms with Gasteiger partial charge in [0.15, 0.2) is 16.7 Å². The first-order valence-electron chi connectivity index (χ1n) is 8.05. The molecule has 6 nitrogen and oxygen atoms in total. The van der Waals surface area contributed by atoms with Crippen LogP contribution in [0.5, 0.6) is 0 Å². The Hall–Kier alpha value is -1.76. The highest BCUT2D eigenvalue weighted by Crippen LogP contribution is 2.27. The molecule has 0 spiro atoms. The summed E-state index contributed by atoms with van der Waals surface area (Å²) in [6, 6.07) is 3.67. The molecule has 1 atom stereocenters. The lowest BCUT2D eigenvalue weighted by atomic mass is 10.2. The Morgan fingerprint density at radius 1 is 1.26 bits per heavy atom. The van der Waals surface area contributed by atoms with Crippen molar-refractivity contribution in [3.63, 3.8) is 0 Å². The molecule has 0 aromatic carbocycles. The summed E-state index contributed by atoms with van der Waals surface area (Å²) in [7, 11) is 1.89. The van der Waals surface area contributed by atoms with E-state index in [0.29, 0.717) is 11.6 Å². The SMILES string of the molecule is CC(Sc1nnc(-c2ccco2)n1C)C(=O)N1CCCCCC1. The molecule has 23 heavy (non-hydrogen) atoms. The van der Waals surface area contributed by atoms with E-state index in [4.69, 9.17) is 4.42 Å². The molecule has 3 heterocycles. The van der Waals surface area contributed by atoms with Crippen LogP contribution in [-0.4, -0.2) is 43.9 Å². The molecule has 0 bridgehead atoms. The molecule has 3 rings (SSSR count). The highest BCUT2D eigenvalue weighted by molar-refractivity contribution is 8.00. The fraction of sp³-hybridized carbons (Fsp3) is 0.562. The van der Waals surface area contributed by atoms with Crippen molar-refractivity contribution < 1.29 is 9.21 Å². The van der Waals surface area contributed by atoms with Crippen LogP contribution in [0.1, 0.15) is 32.6 Å². The average Bonchev–Trinajstić information content (AvgIpc) is 3.10. The minimum Gasteiger partial charge on any atom is -0.461 e. The van der Waals surface area contributed by atoms with Crippen molar-refractivity contribution in [1.82, 2.24) is 19.7 Å². The Morgan fingerprint density at radius 3 is 2.65 bits per heavy atom. The Bertz CT molecular complexity index is 645. The number of nitrogens with zero attached hydrogens (tertiary/aromatic N) is 4. The van der Waals surface area contributed by atoms with Gasteiger partial charge in [-0.25, -0.2) is 0 Å². The largest absolute Gasteiger partial charge is 0.461 e. The molecule has 1 saturated heterocycles. The number of carbonyl (C=O) groups is 1. The highest BCUT2D eigenvalue weighted by atomic mass is 32.2. The van der Waals surface area contributed by atoms with E-state index >= 15 is 0 Å². The number of hydrogen-bond acceptors (Lipinski definition) is 5. The van der Waals surface area contributed by atoms with Crippen molar-refractivity contribution in [3.05, 3.63) is 18.4 Å². The summed E-state index contributed by atoms with van der Waals surface area (Å²) in [4.78, 5) is 14.6. The fourth-order valence-corrected chi connectivity index (χ4v) is 3.69. The van der Waals surface area contributed by atoms with E-state index in [1.165, 1.54) is 24.6 Å². The molecule has 7 heteroatoms. The van der Waals surface area contributed by atoms with Crippen LogP contribution in [0, 0.1) is 0 Å². The summed E-state index contributed by atoms with van der Waals surface area (Å²) in [5.41, 5.74) is 0. The summed E-state index contributed by atoms with van der Waals surface area (Å²) >= 11 is 1.45. The minimum absolute atomic E-state index is 0.166. The number of thioether (sulfide) groups is 1. The van der Waals surface area contributed by atoms with Crippen LogP contribution in [0.25, 0.3) is 11.6 Å². The van der Waals surface area contributed by atoms with Gasteiger partial charge in [-0.05, 0) is 31.9 Å². The van der Waals surface area contributed by atoms with Crippen LogP contribution in [0.4, 0.5) is 0 Å². The summed E-state index contributed by atoms with van der Waals surface area (Å²) in [6.45, 7) is 3.69. The van der Waals surface area contributed by atoms with Crippen LogP contribution in [0.2, 0.25) is 0 Å². The Balaban J connectivity index is 1.68. The third-order valence-corrected chi connectivity index (χ3v) is 5.25. The first-order chi connectivity index (χ1) is 11.2. The van der Waals surface area contributed by atoms with Gasteiger partial charge in [-0.1, -0.05) is 24.6 Å². The van der Waals surface area contributed by atoms with E-state index < -0.39 is 0 Å². The van der Waals surface area contributed by atoms with Crippen molar-refractivity contribution in [2.45, 2.75) is 43.0 Å². The molecule has 0 aliphatic carbocycles. The molecule has 1 amide bonds. The van der Waals surface area contributed by atoms with Crippen LogP contribution in [0.15, 0.2) is 28.0 Å². The Morgan fingerprint density at radius 2 is 2.00 bits per heavy atom. The van der Waals surface area contributed by atoms with Gasteiger partial charge in [0.25, 0.3) is 0 Å². The molecule has 1 aliphatic rings. The zero-order chi connectivity index (χ0) is 16.2. The van der Waals surface area contributed by atoms with Gasteiger partial charge in [0.2, 0.25) is 5.91 Å². The summed E-state index contributed by atoms with van der Waals surface area (Å²) in [5, 5.41) is 8.94.